The molecule has 0 aliphatic heterocycles. The van der Waals surface area contributed by atoms with Gasteiger partial charge in [-0.3, -0.25) is 14.9 Å². The van der Waals surface area contributed by atoms with Crippen LogP contribution in [0.25, 0.3) is 0 Å². The molecule has 27 heavy (non-hydrogen) atoms. The maximum absolute atomic E-state index is 12.0. The predicted octanol–water partition coefficient (Wildman–Crippen LogP) is 4.24. The zero-order valence-electron chi connectivity index (χ0n) is 14.5. The van der Waals surface area contributed by atoms with E-state index in [-0.39, 0.29) is 11.3 Å². The van der Waals surface area contributed by atoms with Gasteiger partial charge in [0.1, 0.15) is 0 Å². The van der Waals surface area contributed by atoms with E-state index >= 15 is 0 Å². The second kappa shape index (κ2) is 8.83. The third-order valence-corrected chi connectivity index (χ3v) is 4.34. The molecule has 0 saturated carbocycles. The van der Waals surface area contributed by atoms with Crippen LogP contribution >= 0.6 is 23.2 Å². The number of carbonyl (C=O) groups excluding carboxylic acids is 2. The van der Waals surface area contributed by atoms with Gasteiger partial charge in [0.15, 0.2) is 6.61 Å². The topological polar surface area (TPSA) is 98.5 Å². The van der Waals surface area contributed by atoms with E-state index in [2.05, 4.69) is 5.32 Å². The summed E-state index contributed by atoms with van der Waals surface area (Å²) in [5.41, 5.74) is 0.881. The average molecular weight is 411 g/mol. The van der Waals surface area contributed by atoms with Crippen molar-refractivity contribution in [1.82, 2.24) is 5.32 Å². The van der Waals surface area contributed by atoms with Gasteiger partial charge in [0, 0.05) is 21.7 Å². The molecule has 0 saturated heterocycles. The van der Waals surface area contributed by atoms with Crippen LogP contribution in [0.1, 0.15) is 34.5 Å². The number of amides is 1. The van der Waals surface area contributed by atoms with Gasteiger partial charge in [-0.2, -0.15) is 0 Å². The number of aryl methyl sites for hydroxylation is 1. The first-order valence-corrected chi connectivity index (χ1v) is 8.61. The number of ether oxygens (including phenoxy) is 1. The first kappa shape index (κ1) is 20.7. The lowest BCUT2D eigenvalue weighted by molar-refractivity contribution is -0.385. The Morgan fingerprint density at radius 2 is 1.93 bits per heavy atom. The van der Waals surface area contributed by atoms with Crippen LogP contribution in [0.3, 0.4) is 0 Å². The van der Waals surface area contributed by atoms with Gasteiger partial charge in [-0.25, -0.2) is 4.79 Å². The number of rotatable bonds is 6. The van der Waals surface area contributed by atoms with Gasteiger partial charge < -0.3 is 10.1 Å². The number of esters is 1. The molecule has 0 heterocycles. The Morgan fingerprint density at radius 1 is 1.22 bits per heavy atom. The maximum Gasteiger partial charge on any atom is 0.338 e. The standard InChI is InChI=1S/C18H16Cl2N2O5/c1-10-3-4-12(7-16(10)22(25)26)18(24)27-9-17(23)21-11(2)14-6-5-13(19)8-15(14)20/h3-8,11H,9H2,1-2H3,(H,21,23)/t11-/m0/s1. The van der Waals surface area contributed by atoms with E-state index in [4.69, 9.17) is 27.9 Å². The zero-order valence-corrected chi connectivity index (χ0v) is 16.0. The monoisotopic (exact) mass is 410 g/mol. The summed E-state index contributed by atoms with van der Waals surface area (Å²) in [6.07, 6.45) is 0. The molecule has 9 heteroatoms. The highest BCUT2D eigenvalue weighted by molar-refractivity contribution is 6.35. The second-order valence-electron chi connectivity index (χ2n) is 5.79. The summed E-state index contributed by atoms with van der Waals surface area (Å²) < 4.78 is 4.92. The molecule has 0 unspecified atom stereocenters. The Labute approximate surface area is 165 Å². The molecule has 142 valence electrons. The molecule has 0 spiro atoms. The molecular formula is C18H16Cl2N2O5. The Morgan fingerprint density at radius 3 is 2.56 bits per heavy atom. The van der Waals surface area contributed by atoms with Crippen LogP contribution in [-0.2, 0) is 9.53 Å². The fourth-order valence-corrected chi connectivity index (χ4v) is 2.93. The number of nitro benzene ring substituents is 1. The van der Waals surface area contributed by atoms with Gasteiger partial charge in [0.2, 0.25) is 0 Å². The van der Waals surface area contributed by atoms with E-state index in [9.17, 15) is 19.7 Å². The van der Waals surface area contributed by atoms with Crippen molar-refractivity contribution in [2.24, 2.45) is 0 Å². The summed E-state index contributed by atoms with van der Waals surface area (Å²) >= 11 is 11.9. The molecule has 0 bridgehead atoms. The summed E-state index contributed by atoms with van der Waals surface area (Å²) in [5, 5.41) is 14.5. The SMILES string of the molecule is Cc1ccc(C(=O)OCC(=O)N[C@@H](C)c2ccc(Cl)cc2Cl)cc1[N+](=O)[O-]. The van der Waals surface area contributed by atoms with E-state index in [0.29, 0.717) is 21.2 Å². The van der Waals surface area contributed by atoms with Crippen molar-refractivity contribution in [3.05, 3.63) is 73.2 Å². The first-order valence-electron chi connectivity index (χ1n) is 7.85. The Hall–Kier alpha value is -2.64. The van der Waals surface area contributed by atoms with Gasteiger partial charge in [-0.15, -0.1) is 0 Å². The van der Waals surface area contributed by atoms with Crippen molar-refractivity contribution in [3.63, 3.8) is 0 Å². The maximum atomic E-state index is 12.0. The smallest absolute Gasteiger partial charge is 0.338 e. The van der Waals surface area contributed by atoms with Gasteiger partial charge >= 0.3 is 5.97 Å². The zero-order chi connectivity index (χ0) is 20.1. The van der Waals surface area contributed by atoms with Gasteiger partial charge in [-0.05, 0) is 37.6 Å². The highest BCUT2D eigenvalue weighted by Gasteiger charge is 2.18. The molecule has 0 aliphatic carbocycles. The number of nitrogens with one attached hydrogen (secondary N) is 1. The third-order valence-electron chi connectivity index (χ3n) is 3.78. The summed E-state index contributed by atoms with van der Waals surface area (Å²) in [4.78, 5) is 34.4. The lowest BCUT2D eigenvalue weighted by atomic mass is 10.1. The Bertz CT molecular complexity index is 901. The Balaban J connectivity index is 1.96. The number of nitrogens with zero attached hydrogens (tertiary/aromatic N) is 1. The minimum Gasteiger partial charge on any atom is -0.452 e. The van der Waals surface area contributed by atoms with Crippen molar-refractivity contribution >= 4 is 40.8 Å². The third kappa shape index (κ3) is 5.42. The Kier molecular flexibility index (Phi) is 6.76. The lowest BCUT2D eigenvalue weighted by Gasteiger charge is -2.16. The molecule has 7 nitrogen and oxygen atoms in total. The minimum absolute atomic E-state index is 0.00565. The van der Waals surface area contributed by atoms with Gasteiger partial charge in [-0.1, -0.05) is 35.3 Å². The van der Waals surface area contributed by atoms with Crippen molar-refractivity contribution in [3.8, 4) is 0 Å². The highest BCUT2D eigenvalue weighted by atomic mass is 35.5. The number of nitro groups is 1. The summed E-state index contributed by atoms with van der Waals surface area (Å²) in [6.45, 7) is 2.75. The van der Waals surface area contributed by atoms with Crippen LogP contribution in [0.5, 0.6) is 0 Å². The van der Waals surface area contributed by atoms with E-state index < -0.39 is 29.4 Å². The van der Waals surface area contributed by atoms with Crippen LogP contribution in [0, 0.1) is 17.0 Å². The number of hydrogen-bond donors (Lipinski definition) is 1. The largest absolute Gasteiger partial charge is 0.452 e. The second-order valence-corrected chi connectivity index (χ2v) is 6.63. The number of benzene rings is 2. The van der Waals surface area contributed by atoms with Crippen LogP contribution in [0.15, 0.2) is 36.4 Å². The molecule has 0 aromatic heterocycles. The molecule has 0 radical (unpaired) electrons. The van der Waals surface area contributed by atoms with Crippen LogP contribution in [-0.4, -0.2) is 23.4 Å². The number of carbonyl (C=O) groups is 2. The fraction of sp³-hybridized carbons (Fsp3) is 0.222. The molecule has 2 rings (SSSR count). The predicted molar refractivity (Wildman–Crippen MR) is 101 cm³/mol. The van der Waals surface area contributed by atoms with E-state index in [0.717, 1.165) is 6.07 Å². The highest BCUT2D eigenvalue weighted by Crippen LogP contribution is 2.26. The van der Waals surface area contributed by atoms with Gasteiger partial charge in [0.25, 0.3) is 11.6 Å². The van der Waals surface area contributed by atoms with Crippen LogP contribution in [0.2, 0.25) is 10.0 Å². The van der Waals surface area contributed by atoms with Crippen molar-refractivity contribution in [2.75, 3.05) is 6.61 Å². The van der Waals surface area contributed by atoms with Crippen molar-refractivity contribution in [1.29, 1.82) is 0 Å². The van der Waals surface area contributed by atoms with E-state index in [1.165, 1.54) is 12.1 Å². The van der Waals surface area contributed by atoms with Crippen LogP contribution in [0.4, 0.5) is 5.69 Å². The molecular weight excluding hydrogens is 395 g/mol. The first-order chi connectivity index (χ1) is 12.7. The molecule has 0 aliphatic rings. The van der Waals surface area contributed by atoms with Crippen molar-refractivity contribution in [2.45, 2.75) is 19.9 Å². The molecule has 2 aromatic rings. The fourth-order valence-electron chi connectivity index (χ4n) is 2.36. The summed E-state index contributed by atoms with van der Waals surface area (Å²) in [7, 11) is 0. The normalized spacial score (nSPS) is 11.6. The quantitative estimate of drug-likeness (QED) is 0.436. The van der Waals surface area contributed by atoms with Crippen molar-refractivity contribution < 1.29 is 19.2 Å². The number of hydrogen-bond acceptors (Lipinski definition) is 5. The lowest BCUT2D eigenvalue weighted by Crippen LogP contribution is -2.31. The molecule has 1 amide bonds. The summed E-state index contributed by atoms with van der Waals surface area (Å²) in [6, 6.07) is 8.43. The number of halogens is 2. The van der Waals surface area contributed by atoms with E-state index in [1.807, 2.05) is 0 Å². The molecule has 0 fully saturated rings. The van der Waals surface area contributed by atoms with Crippen LogP contribution < -0.4 is 5.32 Å². The van der Waals surface area contributed by atoms with Gasteiger partial charge in [0.05, 0.1) is 16.5 Å². The minimum atomic E-state index is -0.828. The molecule has 1 atom stereocenters. The molecule has 2 aromatic carbocycles. The average Bonchev–Trinajstić information content (AvgIpc) is 2.59. The summed E-state index contributed by atoms with van der Waals surface area (Å²) in [5.74, 6) is -1.37. The van der Waals surface area contributed by atoms with E-state index in [1.54, 1.807) is 32.0 Å². The molecule has 1 N–H and O–H groups in total.